The van der Waals surface area contributed by atoms with Gasteiger partial charge in [0, 0.05) is 44.0 Å². The second-order valence-electron chi connectivity index (χ2n) is 6.67. The van der Waals surface area contributed by atoms with E-state index in [0.717, 1.165) is 28.8 Å². The third-order valence-corrected chi connectivity index (χ3v) is 7.50. The average Bonchev–Trinajstić information content (AvgIpc) is 2.97. The molecular formula is C16H20N4O4S. The van der Waals surface area contributed by atoms with E-state index >= 15 is 0 Å². The number of hydrogen-bond acceptors (Lipinski definition) is 4. The van der Waals surface area contributed by atoms with Crippen LogP contribution in [0.4, 0.5) is 4.79 Å². The number of sulfonamides is 1. The van der Waals surface area contributed by atoms with Gasteiger partial charge in [0.05, 0.1) is 0 Å². The fraction of sp³-hybridized carbons (Fsp3) is 0.500. The maximum atomic E-state index is 12.6. The van der Waals surface area contributed by atoms with Crippen molar-refractivity contribution < 1.29 is 18.3 Å². The molecule has 0 bridgehead atoms. The minimum atomic E-state index is -3.42. The third kappa shape index (κ3) is 2.77. The van der Waals surface area contributed by atoms with Gasteiger partial charge in [-0.25, -0.2) is 22.5 Å². The number of carbonyl (C=O) groups is 1. The van der Waals surface area contributed by atoms with Crippen molar-refractivity contribution in [2.45, 2.75) is 24.0 Å². The Balaban J connectivity index is 1.42. The Hall–Kier alpha value is -2.13. The number of hydrogen-bond donors (Lipinski definition) is 2. The number of nitrogens with one attached hydrogen (secondary N) is 1. The van der Waals surface area contributed by atoms with Crippen LogP contribution < -0.4 is 0 Å². The quantitative estimate of drug-likeness (QED) is 0.857. The van der Waals surface area contributed by atoms with Gasteiger partial charge in [-0.15, -0.1) is 0 Å². The standard InChI is InChI=1S/C16H20N4O4S/c21-16(22)19-9-12(10-19)25(23,24)20-6-3-11(4-7-20)14-8-18-15-13(14)2-1-5-17-15/h1-2,5,8,11-12H,3-4,6-7,9-10H2,(H,17,18)(H,21,22). The number of H-pyrrole nitrogens is 1. The number of pyridine rings is 1. The highest BCUT2D eigenvalue weighted by Crippen LogP contribution is 2.34. The molecule has 134 valence electrons. The fourth-order valence-corrected chi connectivity index (χ4v) is 5.61. The van der Waals surface area contributed by atoms with E-state index in [-0.39, 0.29) is 13.1 Å². The van der Waals surface area contributed by atoms with E-state index in [4.69, 9.17) is 5.11 Å². The molecule has 0 spiro atoms. The summed E-state index contributed by atoms with van der Waals surface area (Å²) in [6.07, 6.45) is 4.19. The highest BCUT2D eigenvalue weighted by molar-refractivity contribution is 7.89. The number of aromatic nitrogens is 2. The molecule has 4 heterocycles. The average molecular weight is 364 g/mol. The summed E-state index contributed by atoms with van der Waals surface area (Å²) >= 11 is 0. The normalized spacial score (nSPS) is 20.7. The zero-order valence-corrected chi connectivity index (χ0v) is 14.4. The zero-order valence-electron chi connectivity index (χ0n) is 13.6. The second-order valence-corrected chi connectivity index (χ2v) is 8.88. The molecule has 2 aromatic rings. The Kier molecular flexibility index (Phi) is 3.92. The van der Waals surface area contributed by atoms with Gasteiger partial charge in [0.2, 0.25) is 10.0 Å². The van der Waals surface area contributed by atoms with Gasteiger partial charge in [-0.3, -0.25) is 0 Å². The summed E-state index contributed by atoms with van der Waals surface area (Å²) in [5.41, 5.74) is 2.05. The van der Waals surface area contributed by atoms with E-state index in [2.05, 4.69) is 9.97 Å². The monoisotopic (exact) mass is 364 g/mol. The van der Waals surface area contributed by atoms with Crippen molar-refractivity contribution in [3.8, 4) is 0 Å². The number of nitrogens with zero attached hydrogens (tertiary/aromatic N) is 3. The lowest BCUT2D eigenvalue weighted by atomic mass is 9.90. The van der Waals surface area contributed by atoms with Crippen molar-refractivity contribution >= 4 is 27.1 Å². The molecule has 9 heteroatoms. The molecule has 2 aliphatic heterocycles. The van der Waals surface area contributed by atoms with E-state index in [9.17, 15) is 13.2 Å². The highest BCUT2D eigenvalue weighted by Gasteiger charge is 2.43. The number of rotatable bonds is 3. The number of aromatic amines is 1. The topological polar surface area (TPSA) is 107 Å². The summed E-state index contributed by atoms with van der Waals surface area (Å²) < 4.78 is 26.8. The first-order chi connectivity index (χ1) is 12.0. The van der Waals surface area contributed by atoms with Crippen molar-refractivity contribution in [3.63, 3.8) is 0 Å². The summed E-state index contributed by atoms with van der Waals surface area (Å²) in [4.78, 5) is 19.4. The van der Waals surface area contributed by atoms with Gasteiger partial charge in [-0.1, -0.05) is 0 Å². The van der Waals surface area contributed by atoms with E-state index in [1.54, 1.807) is 6.20 Å². The predicted molar refractivity (Wildman–Crippen MR) is 91.9 cm³/mol. The maximum absolute atomic E-state index is 12.6. The zero-order chi connectivity index (χ0) is 17.6. The molecular weight excluding hydrogens is 344 g/mol. The second kappa shape index (κ2) is 5.99. The Labute approximate surface area is 145 Å². The van der Waals surface area contributed by atoms with Crippen LogP contribution in [0.15, 0.2) is 24.5 Å². The molecule has 4 rings (SSSR count). The molecule has 2 aromatic heterocycles. The highest BCUT2D eigenvalue weighted by atomic mass is 32.2. The van der Waals surface area contributed by atoms with Gasteiger partial charge in [0.15, 0.2) is 0 Å². The Morgan fingerprint density at radius 1 is 1.28 bits per heavy atom. The van der Waals surface area contributed by atoms with E-state index in [0.29, 0.717) is 19.0 Å². The fourth-order valence-electron chi connectivity index (χ4n) is 3.73. The largest absolute Gasteiger partial charge is 0.465 e. The maximum Gasteiger partial charge on any atom is 0.407 e. The van der Waals surface area contributed by atoms with Crippen molar-refractivity contribution in [3.05, 3.63) is 30.1 Å². The number of amides is 1. The molecule has 0 unspecified atom stereocenters. The Morgan fingerprint density at radius 2 is 2.00 bits per heavy atom. The van der Waals surface area contributed by atoms with Crippen LogP contribution >= 0.6 is 0 Å². The Morgan fingerprint density at radius 3 is 2.68 bits per heavy atom. The lowest BCUT2D eigenvalue weighted by Gasteiger charge is -2.40. The van der Waals surface area contributed by atoms with Crippen molar-refractivity contribution in [1.29, 1.82) is 0 Å². The number of likely N-dealkylation sites (tertiary alicyclic amines) is 1. The van der Waals surface area contributed by atoms with E-state index in [1.165, 1.54) is 9.87 Å². The summed E-state index contributed by atoms with van der Waals surface area (Å²) in [7, 11) is -3.42. The van der Waals surface area contributed by atoms with Crippen LogP contribution in [0.3, 0.4) is 0 Å². The molecule has 8 nitrogen and oxygen atoms in total. The van der Waals surface area contributed by atoms with Crippen LogP contribution in [0.2, 0.25) is 0 Å². The Bertz CT molecular complexity index is 896. The SMILES string of the molecule is O=C(O)N1CC(S(=O)(=O)N2CCC(c3c[nH]c4ncccc34)CC2)C1. The van der Waals surface area contributed by atoms with Crippen LogP contribution in [0.1, 0.15) is 24.3 Å². The van der Waals surface area contributed by atoms with Crippen LogP contribution in [-0.2, 0) is 10.0 Å². The first-order valence-electron chi connectivity index (χ1n) is 8.35. The molecule has 2 N–H and O–H groups in total. The molecule has 0 aliphatic carbocycles. The summed E-state index contributed by atoms with van der Waals surface area (Å²) in [5, 5.41) is 9.36. The molecule has 2 saturated heterocycles. The predicted octanol–water partition coefficient (Wildman–Crippen LogP) is 1.43. The minimum Gasteiger partial charge on any atom is -0.465 e. The summed E-state index contributed by atoms with van der Waals surface area (Å²) in [6, 6.07) is 3.94. The van der Waals surface area contributed by atoms with Gasteiger partial charge >= 0.3 is 6.09 Å². The third-order valence-electron chi connectivity index (χ3n) is 5.28. The smallest absolute Gasteiger partial charge is 0.407 e. The molecule has 2 aliphatic rings. The molecule has 1 amide bonds. The molecule has 0 radical (unpaired) electrons. The van der Waals surface area contributed by atoms with Crippen molar-refractivity contribution in [1.82, 2.24) is 19.2 Å². The van der Waals surface area contributed by atoms with Crippen molar-refractivity contribution in [2.24, 2.45) is 0 Å². The van der Waals surface area contributed by atoms with E-state index in [1.807, 2.05) is 18.3 Å². The van der Waals surface area contributed by atoms with Gasteiger partial charge in [-0.05, 0) is 36.5 Å². The van der Waals surface area contributed by atoms with Crippen LogP contribution in [-0.4, -0.2) is 70.2 Å². The van der Waals surface area contributed by atoms with E-state index < -0.39 is 21.4 Å². The van der Waals surface area contributed by atoms with Crippen LogP contribution in [0, 0.1) is 0 Å². The molecule has 0 atom stereocenters. The van der Waals surface area contributed by atoms with Gasteiger partial charge in [0.25, 0.3) is 0 Å². The summed E-state index contributed by atoms with van der Waals surface area (Å²) in [6.45, 7) is 1.10. The van der Waals surface area contributed by atoms with Crippen molar-refractivity contribution in [2.75, 3.05) is 26.2 Å². The van der Waals surface area contributed by atoms with Crippen LogP contribution in [0.5, 0.6) is 0 Å². The van der Waals surface area contributed by atoms with Gasteiger partial charge in [0.1, 0.15) is 10.9 Å². The number of piperidine rings is 1. The molecule has 2 fully saturated rings. The lowest BCUT2D eigenvalue weighted by Crippen LogP contribution is -2.60. The number of carboxylic acid groups (broad SMARTS) is 1. The summed E-state index contributed by atoms with van der Waals surface area (Å²) in [5.74, 6) is 0.307. The molecule has 0 aromatic carbocycles. The molecule has 0 saturated carbocycles. The minimum absolute atomic E-state index is 0.0751. The molecule has 25 heavy (non-hydrogen) atoms. The van der Waals surface area contributed by atoms with Crippen LogP contribution in [0.25, 0.3) is 11.0 Å². The first kappa shape index (κ1) is 16.3. The first-order valence-corrected chi connectivity index (χ1v) is 9.86. The lowest BCUT2D eigenvalue weighted by molar-refractivity contribution is 0.118. The van der Waals surface area contributed by atoms with Gasteiger partial charge < -0.3 is 15.0 Å². The number of fused-ring (bicyclic) bond motifs is 1. The van der Waals surface area contributed by atoms with Gasteiger partial charge in [-0.2, -0.15) is 0 Å².